The Hall–Kier alpha value is -2.42. The monoisotopic (exact) mass is 223 g/mol. The number of aldehydes is 1. The van der Waals surface area contributed by atoms with Crippen LogP contribution in [-0.4, -0.2) is 11.3 Å². The molecule has 0 saturated carbocycles. The van der Waals surface area contributed by atoms with Crippen LogP contribution in [0.15, 0.2) is 53.1 Å². The summed E-state index contributed by atoms with van der Waals surface area (Å²) in [5.74, 6) is 0.609. The molecule has 0 N–H and O–H groups in total. The van der Waals surface area contributed by atoms with Gasteiger partial charge in [0.1, 0.15) is 5.69 Å². The van der Waals surface area contributed by atoms with E-state index < -0.39 is 0 Å². The molecule has 2 heterocycles. The number of aromatic nitrogens is 1. The van der Waals surface area contributed by atoms with Crippen molar-refractivity contribution in [1.29, 1.82) is 0 Å². The van der Waals surface area contributed by atoms with E-state index in [1.54, 1.807) is 18.4 Å². The third kappa shape index (κ3) is 1.61. The van der Waals surface area contributed by atoms with Crippen LogP contribution in [0.2, 0.25) is 0 Å². The number of carbonyl (C=O) groups is 1. The first kappa shape index (κ1) is 9.78. The minimum atomic E-state index is 0.540. The Balaban J connectivity index is 2.33. The molecule has 0 unspecified atom stereocenters. The molecule has 3 heteroatoms. The van der Waals surface area contributed by atoms with E-state index >= 15 is 0 Å². The quantitative estimate of drug-likeness (QED) is 0.626. The smallest absolute Gasteiger partial charge is 0.152 e. The molecule has 0 aliphatic rings. The average Bonchev–Trinajstić information content (AvgIpc) is 2.91. The van der Waals surface area contributed by atoms with Gasteiger partial charge in [-0.25, -0.2) is 4.98 Å². The number of rotatable bonds is 2. The molecule has 0 fully saturated rings. The zero-order valence-electron chi connectivity index (χ0n) is 8.96. The van der Waals surface area contributed by atoms with E-state index in [1.165, 1.54) is 0 Å². The number of benzene rings is 1. The Labute approximate surface area is 97.7 Å². The molecule has 0 radical (unpaired) electrons. The van der Waals surface area contributed by atoms with Crippen molar-refractivity contribution < 1.29 is 9.21 Å². The van der Waals surface area contributed by atoms with Crippen LogP contribution in [0, 0.1) is 0 Å². The van der Waals surface area contributed by atoms with Crippen molar-refractivity contribution in [1.82, 2.24) is 4.98 Å². The van der Waals surface area contributed by atoms with Gasteiger partial charge in [-0.05, 0) is 24.3 Å². The molecule has 0 bridgehead atoms. The van der Waals surface area contributed by atoms with Crippen LogP contribution in [0.5, 0.6) is 0 Å². The molecular formula is C14H9NO2. The first-order chi connectivity index (χ1) is 8.38. The maximum absolute atomic E-state index is 11.1. The molecule has 2 aromatic heterocycles. The fourth-order valence-corrected chi connectivity index (χ4v) is 1.83. The maximum Gasteiger partial charge on any atom is 0.152 e. The number of carbonyl (C=O) groups excluding carboxylic acids is 1. The highest BCUT2D eigenvalue weighted by atomic mass is 16.3. The lowest BCUT2D eigenvalue weighted by Gasteiger charge is -2.03. The van der Waals surface area contributed by atoms with Crippen molar-refractivity contribution in [3.63, 3.8) is 0 Å². The predicted molar refractivity (Wildman–Crippen MR) is 64.8 cm³/mol. The molecule has 0 aliphatic carbocycles. The van der Waals surface area contributed by atoms with Gasteiger partial charge in [0, 0.05) is 10.9 Å². The van der Waals surface area contributed by atoms with E-state index in [-0.39, 0.29) is 0 Å². The van der Waals surface area contributed by atoms with Gasteiger partial charge in [0.25, 0.3) is 0 Å². The van der Waals surface area contributed by atoms with Gasteiger partial charge in [0.2, 0.25) is 0 Å². The minimum absolute atomic E-state index is 0.540. The molecule has 82 valence electrons. The van der Waals surface area contributed by atoms with Gasteiger partial charge < -0.3 is 4.42 Å². The van der Waals surface area contributed by atoms with Crippen LogP contribution in [0.25, 0.3) is 22.4 Å². The Morgan fingerprint density at radius 3 is 2.76 bits per heavy atom. The van der Waals surface area contributed by atoms with Gasteiger partial charge in [0.15, 0.2) is 12.0 Å². The summed E-state index contributed by atoms with van der Waals surface area (Å²) in [7, 11) is 0. The molecule has 0 spiro atoms. The van der Waals surface area contributed by atoms with Crippen LogP contribution in [0.3, 0.4) is 0 Å². The summed E-state index contributed by atoms with van der Waals surface area (Å²) < 4.78 is 5.29. The minimum Gasteiger partial charge on any atom is -0.463 e. The number of hydrogen-bond donors (Lipinski definition) is 0. The number of hydrogen-bond acceptors (Lipinski definition) is 3. The summed E-state index contributed by atoms with van der Waals surface area (Å²) in [5, 5.41) is 0.949. The first-order valence-corrected chi connectivity index (χ1v) is 5.27. The normalized spacial score (nSPS) is 10.6. The lowest BCUT2D eigenvalue weighted by Crippen LogP contribution is -1.92. The number of furan rings is 1. The maximum atomic E-state index is 11.1. The summed E-state index contributed by atoms with van der Waals surface area (Å²) in [4.78, 5) is 15.5. The van der Waals surface area contributed by atoms with Gasteiger partial charge in [-0.2, -0.15) is 0 Å². The van der Waals surface area contributed by atoms with Crippen molar-refractivity contribution in [2.45, 2.75) is 0 Å². The second-order valence-electron chi connectivity index (χ2n) is 3.71. The molecular weight excluding hydrogens is 214 g/mol. The largest absolute Gasteiger partial charge is 0.463 e. The molecule has 0 atom stereocenters. The van der Waals surface area contributed by atoms with Gasteiger partial charge in [-0.15, -0.1) is 0 Å². The lowest BCUT2D eigenvalue weighted by molar-refractivity contribution is 0.112. The molecule has 1 aromatic carbocycles. The van der Waals surface area contributed by atoms with Crippen LogP contribution in [0.4, 0.5) is 0 Å². The number of nitrogens with zero attached hydrogens (tertiary/aromatic N) is 1. The van der Waals surface area contributed by atoms with Crippen LogP contribution in [0.1, 0.15) is 10.4 Å². The van der Waals surface area contributed by atoms with E-state index in [9.17, 15) is 4.79 Å². The van der Waals surface area contributed by atoms with E-state index in [4.69, 9.17) is 4.42 Å². The number of para-hydroxylation sites is 1. The van der Waals surface area contributed by atoms with Crippen LogP contribution in [-0.2, 0) is 0 Å². The average molecular weight is 223 g/mol. The molecule has 3 nitrogen and oxygen atoms in total. The Morgan fingerprint density at radius 1 is 1.12 bits per heavy atom. The van der Waals surface area contributed by atoms with Crippen molar-refractivity contribution in [3.8, 4) is 11.5 Å². The molecule has 0 saturated heterocycles. The number of pyridine rings is 1. The highest BCUT2D eigenvalue weighted by molar-refractivity contribution is 5.92. The van der Waals surface area contributed by atoms with Crippen LogP contribution < -0.4 is 0 Å². The number of fused-ring (bicyclic) bond motifs is 1. The summed E-state index contributed by atoms with van der Waals surface area (Å²) >= 11 is 0. The fraction of sp³-hybridized carbons (Fsp3) is 0. The van der Waals surface area contributed by atoms with Gasteiger partial charge in [-0.1, -0.05) is 18.2 Å². The SMILES string of the molecule is O=Cc1cc2ccccc2nc1-c1ccco1. The van der Waals surface area contributed by atoms with Crippen molar-refractivity contribution in [2.75, 3.05) is 0 Å². The molecule has 3 rings (SSSR count). The summed E-state index contributed by atoms with van der Waals surface area (Å²) in [5.41, 5.74) is 1.98. The zero-order valence-corrected chi connectivity index (χ0v) is 8.96. The van der Waals surface area contributed by atoms with Crippen molar-refractivity contribution in [3.05, 3.63) is 54.3 Å². The fourth-order valence-electron chi connectivity index (χ4n) is 1.83. The molecule has 0 amide bonds. The standard InChI is InChI=1S/C14H9NO2/c16-9-11-8-10-4-1-2-5-12(10)15-14(11)13-6-3-7-17-13/h1-9H. The highest BCUT2D eigenvalue weighted by Gasteiger charge is 2.10. The van der Waals surface area contributed by atoms with E-state index in [0.717, 1.165) is 17.2 Å². The van der Waals surface area contributed by atoms with E-state index in [1.807, 2.05) is 30.3 Å². The summed E-state index contributed by atoms with van der Waals surface area (Å²) in [6.07, 6.45) is 2.37. The van der Waals surface area contributed by atoms with E-state index in [2.05, 4.69) is 4.98 Å². The third-order valence-electron chi connectivity index (χ3n) is 2.63. The predicted octanol–water partition coefficient (Wildman–Crippen LogP) is 3.31. The zero-order chi connectivity index (χ0) is 11.7. The summed E-state index contributed by atoms with van der Waals surface area (Å²) in [6, 6.07) is 13.1. The van der Waals surface area contributed by atoms with Crippen molar-refractivity contribution in [2.24, 2.45) is 0 Å². The molecule has 0 aliphatic heterocycles. The van der Waals surface area contributed by atoms with Crippen molar-refractivity contribution >= 4 is 17.2 Å². The third-order valence-corrected chi connectivity index (χ3v) is 2.63. The lowest BCUT2D eigenvalue weighted by atomic mass is 10.1. The van der Waals surface area contributed by atoms with Gasteiger partial charge in [-0.3, -0.25) is 4.79 Å². The second-order valence-corrected chi connectivity index (χ2v) is 3.71. The molecule has 17 heavy (non-hydrogen) atoms. The Bertz CT molecular complexity index is 672. The topological polar surface area (TPSA) is 43.1 Å². The molecule has 3 aromatic rings. The first-order valence-electron chi connectivity index (χ1n) is 5.27. The van der Waals surface area contributed by atoms with Crippen LogP contribution >= 0.6 is 0 Å². The van der Waals surface area contributed by atoms with Gasteiger partial charge >= 0.3 is 0 Å². The second kappa shape index (κ2) is 3.87. The summed E-state index contributed by atoms with van der Waals surface area (Å²) in [6.45, 7) is 0. The van der Waals surface area contributed by atoms with Gasteiger partial charge in [0.05, 0.1) is 11.8 Å². The Kier molecular flexibility index (Phi) is 2.22. The van der Waals surface area contributed by atoms with E-state index in [0.29, 0.717) is 17.0 Å². The highest BCUT2D eigenvalue weighted by Crippen LogP contribution is 2.24. The Morgan fingerprint density at radius 2 is 2.00 bits per heavy atom.